The smallest absolute Gasteiger partial charge is 0.271 e. The highest BCUT2D eigenvalue weighted by molar-refractivity contribution is 6.02. The fourth-order valence-corrected chi connectivity index (χ4v) is 2.57. The third-order valence-electron chi connectivity index (χ3n) is 4.17. The number of benzene rings is 2. The SMILES string of the molecule is CCCCCC(=NNC(=O)c1ccc(NC(=O)CC)cc1)c1ccccc1. The molecule has 27 heavy (non-hydrogen) atoms. The minimum absolute atomic E-state index is 0.0589. The fraction of sp³-hybridized carbons (Fsp3) is 0.318. The van der Waals surface area contributed by atoms with Crippen LogP contribution in [0.4, 0.5) is 5.69 Å². The minimum Gasteiger partial charge on any atom is -0.326 e. The lowest BCUT2D eigenvalue weighted by Crippen LogP contribution is -2.20. The van der Waals surface area contributed by atoms with E-state index in [1.165, 1.54) is 0 Å². The molecule has 0 aliphatic rings. The predicted octanol–water partition coefficient (Wildman–Crippen LogP) is 4.75. The van der Waals surface area contributed by atoms with E-state index in [1.807, 2.05) is 30.3 Å². The minimum atomic E-state index is -0.271. The van der Waals surface area contributed by atoms with Gasteiger partial charge in [-0.25, -0.2) is 5.43 Å². The van der Waals surface area contributed by atoms with E-state index in [4.69, 9.17) is 0 Å². The summed E-state index contributed by atoms with van der Waals surface area (Å²) in [6.45, 7) is 3.95. The van der Waals surface area contributed by atoms with Gasteiger partial charge in [-0.05, 0) is 42.7 Å². The Morgan fingerprint density at radius 3 is 2.22 bits per heavy atom. The summed E-state index contributed by atoms with van der Waals surface area (Å²) in [5, 5.41) is 7.13. The van der Waals surface area contributed by atoms with Gasteiger partial charge in [-0.3, -0.25) is 9.59 Å². The maximum atomic E-state index is 12.4. The molecule has 0 aromatic heterocycles. The molecule has 2 rings (SSSR count). The first-order chi connectivity index (χ1) is 13.1. The van der Waals surface area contributed by atoms with Gasteiger partial charge in [0.05, 0.1) is 5.71 Å². The van der Waals surface area contributed by atoms with Crippen LogP contribution in [0.2, 0.25) is 0 Å². The van der Waals surface area contributed by atoms with Crippen LogP contribution < -0.4 is 10.7 Å². The first kappa shape index (κ1) is 20.4. The number of amides is 2. The van der Waals surface area contributed by atoms with Crippen molar-refractivity contribution in [3.8, 4) is 0 Å². The highest BCUT2D eigenvalue weighted by atomic mass is 16.2. The van der Waals surface area contributed by atoms with Gasteiger partial charge in [0.15, 0.2) is 0 Å². The van der Waals surface area contributed by atoms with Crippen LogP contribution in [0.1, 0.15) is 61.9 Å². The number of nitrogens with zero attached hydrogens (tertiary/aromatic N) is 1. The van der Waals surface area contributed by atoms with Gasteiger partial charge in [0.1, 0.15) is 0 Å². The molecule has 0 unspecified atom stereocenters. The molecule has 2 amide bonds. The zero-order valence-electron chi connectivity index (χ0n) is 16.0. The van der Waals surface area contributed by atoms with E-state index >= 15 is 0 Å². The molecule has 2 N–H and O–H groups in total. The number of carbonyl (C=O) groups excluding carboxylic acids is 2. The lowest BCUT2D eigenvalue weighted by atomic mass is 10.0. The molecule has 0 atom stereocenters. The third kappa shape index (κ3) is 6.70. The molecule has 2 aromatic carbocycles. The Bertz CT molecular complexity index is 768. The number of hydrazone groups is 1. The second-order valence-electron chi connectivity index (χ2n) is 6.30. The van der Waals surface area contributed by atoms with Gasteiger partial charge in [0.2, 0.25) is 5.91 Å². The standard InChI is InChI=1S/C22H27N3O2/c1-3-5-7-12-20(17-10-8-6-9-11-17)24-25-22(27)18-13-15-19(16-14-18)23-21(26)4-2/h6,8-11,13-16H,3-5,7,12H2,1-2H3,(H,23,26)(H,25,27). The molecule has 0 aliphatic heterocycles. The summed E-state index contributed by atoms with van der Waals surface area (Å²) in [5.74, 6) is -0.330. The summed E-state index contributed by atoms with van der Waals surface area (Å²) in [5.41, 5.74) is 5.72. The summed E-state index contributed by atoms with van der Waals surface area (Å²) in [7, 11) is 0. The number of nitrogens with one attached hydrogen (secondary N) is 2. The number of hydrogen-bond donors (Lipinski definition) is 2. The number of anilines is 1. The molecule has 0 spiro atoms. The largest absolute Gasteiger partial charge is 0.326 e. The normalized spacial score (nSPS) is 11.1. The summed E-state index contributed by atoms with van der Waals surface area (Å²) in [6.07, 6.45) is 4.53. The molecule has 142 valence electrons. The van der Waals surface area contributed by atoms with E-state index < -0.39 is 0 Å². The van der Waals surface area contributed by atoms with Crippen LogP contribution in [0, 0.1) is 0 Å². The molecule has 0 radical (unpaired) electrons. The van der Waals surface area contributed by atoms with Crippen molar-refractivity contribution in [2.24, 2.45) is 5.10 Å². The fourth-order valence-electron chi connectivity index (χ4n) is 2.57. The lowest BCUT2D eigenvalue weighted by Gasteiger charge is -2.08. The molecule has 0 aliphatic carbocycles. The Morgan fingerprint density at radius 1 is 0.889 bits per heavy atom. The number of unbranched alkanes of at least 4 members (excludes halogenated alkanes) is 2. The summed E-state index contributed by atoms with van der Waals surface area (Å²) in [6, 6.07) is 16.7. The molecular weight excluding hydrogens is 338 g/mol. The topological polar surface area (TPSA) is 70.6 Å². The van der Waals surface area contributed by atoms with Gasteiger partial charge in [-0.2, -0.15) is 5.10 Å². The van der Waals surface area contributed by atoms with Crippen molar-refractivity contribution in [3.05, 3.63) is 65.7 Å². The molecule has 0 bridgehead atoms. The van der Waals surface area contributed by atoms with Crippen molar-refractivity contribution in [2.75, 3.05) is 5.32 Å². The van der Waals surface area contributed by atoms with Crippen molar-refractivity contribution in [3.63, 3.8) is 0 Å². The van der Waals surface area contributed by atoms with Crippen molar-refractivity contribution < 1.29 is 9.59 Å². The Labute approximate surface area is 160 Å². The second kappa shape index (κ2) is 10.9. The highest BCUT2D eigenvalue weighted by Crippen LogP contribution is 2.11. The highest BCUT2D eigenvalue weighted by Gasteiger charge is 2.08. The van der Waals surface area contributed by atoms with Crippen LogP contribution in [-0.2, 0) is 4.79 Å². The molecule has 0 heterocycles. The first-order valence-electron chi connectivity index (χ1n) is 9.46. The molecule has 2 aromatic rings. The zero-order chi connectivity index (χ0) is 19.5. The first-order valence-corrected chi connectivity index (χ1v) is 9.46. The van der Waals surface area contributed by atoms with Crippen LogP contribution in [0.5, 0.6) is 0 Å². The van der Waals surface area contributed by atoms with Crippen LogP contribution >= 0.6 is 0 Å². The van der Waals surface area contributed by atoms with Gasteiger partial charge < -0.3 is 5.32 Å². The van der Waals surface area contributed by atoms with Crippen molar-refractivity contribution in [1.82, 2.24) is 5.43 Å². The number of hydrogen-bond acceptors (Lipinski definition) is 3. The summed E-state index contributed by atoms with van der Waals surface area (Å²) >= 11 is 0. The maximum Gasteiger partial charge on any atom is 0.271 e. The van der Waals surface area contributed by atoms with Crippen LogP contribution in [0.25, 0.3) is 0 Å². The number of carbonyl (C=O) groups is 2. The maximum absolute atomic E-state index is 12.4. The van der Waals surface area contributed by atoms with Gasteiger partial charge >= 0.3 is 0 Å². The Balaban J connectivity index is 2.05. The van der Waals surface area contributed by atoms with Crippen LogP contribution in [-0.4, -0.2) is 17.5 Å². The van der Waals surface area contributed by atoms with Crippen LogP contribution in [0.3, 0.4) is 0 Å². The Hall–Kier alpha value is -2.95. The van der Waals surface area contributed by atoms with E-state index in [-0.39, 0.29) is 11.8 Å². The third-order valence-corrected chi connectivity index (χ3v) is 4.17. The van der Waals surface area contributed by atoms with Crippen molar-refractivity contribution in [2.45, 2.75) is 46.0 Å². The second-order valence-corrected chi connectivity index (χ2v) is 6.30. The predicted molar refractivity (Wildman–Crippen MR) is 110 cm³/mol. The zero-order valence-corrected chi connectivity index (χ0v) is 16.0. The number of rotatable bonds is 9. The summed E-state index contributed by atoms with van der Waals surface area (Å²) < 4.78 is 0. The van der Waals surface area contributed by atoms with Gasteiger partial charge in [0.25, 0.3) is 5.91 Å². The van der Waals surface area contributed by atoms with E-state index in [9.17, 15) is 9.59 Å². The van der Waals surface area contributed by atoms with E-state index in [0.717, 1.165) is 37.0 Å². The van der Waals surface area contributed by atoms with E-state index in [1.54, 1.807) is 31.2 Å². The van der Waals surface area contributed by atoms with E-state index in [2.05, 4.69) is 22.8 Å². The van der Waals surface area contributed by atoms with Crippen molar-refractivity contribution >= 4 is 23.2 Å². The monoisotopic (exact) mass is 365 g/mol. The molecular formula is C22H27N3O2. The molecule has 0 fully saturated rings. The van der Waals surface area contributed by atoms with Gasteiger partial charge in [0, 0.05) is 17.7 Å². The van der Waals surface area contributed by atoms with Gasteiger partial charge in [-0.15, -0.1) is 0 Å². The molecule has 5 nitrogen and oxygen atoms in total. The summed E-state index contributed by atoms with van der Waals surface area (Å²) in [4.78, 5) is 23.8. The molecule has 5 heteroatoms. The molecule has 0 saturated heterocycles. The Kier molecular flexibility index (Phi) is 8.23. The van der Waals surface area contributed by atoms with Crippen LogP contribution in [0.15, 0.2) is 59.7 Å². The van der Waals surface area contributed by atoms with Gasteiger partial charge in [-0.1, -0.05) is 57.0 Å². The molecule has 0 saturated carbocycles. The Morgan fingerprint density at radius 2 is 1.59 bits per heavy atom. The van der Waals surface area contributed by atoms with E-state index in [0.29, 0.717) is 17.7 Å². The van der Waals surface area contributed by atoms with Crippen molar-refractivity contribution in [1.29, 1.82) is 0 Å². The average Bonchev–Trinajstić information content (AvgIpc) is 2.71. The average molecular weight is 365 g/mol. The quantitative estimate of drug-likeness (QED) is 0.382. The lowest BCUT2D eigenvalue weighted by molar-refractivity contribution is -0.115.